The van der Waals surface area contributed by atoms with Gasteiger partial charge in [-0.25, -0.2) is 4.79 Å². The van der Waals surface area contributed by atoms with Gasteiger partial charge >= 0.3 is 12.0 Å². The van der Waals surface area contributed by atoms with Gasteiger partial charge in [0.25, 0.3) is 0 Å². The molecule has 1 atom stereocenters. The van der Waals surface area contributed by atoms with Gasteiger partial charge in [-0.2, -0.15) is 11.8 Å². The summed E-state index contributed by atoms with van der Waals surface area (Å²) in [7, 11) is 0. The van der Waals surface area contributed by atoms with E-state index in [0.717, 1.165) is 25.0 Å². The van der Waals surface area contributed by atoms with Crippen LogP contribution in [0.5, 0.6) is 0 Å². The van der Waals surface area contributed by atoms with Crippen molar-refractivity contribution in [3.63, 3.8) is 0 Å². The fraction of sp³-hybridized carbons (Fsp3) is 0.867. The number of urea groups is 1. The second kappa shape index (κ2) is 12.8. The Labute approximate surface area is 132 Å². The van der Waals surface area contributed by atoms with Crippen LogP contribution in [0.3, 0.4) is 0 Å². The summed E-state index contributed by atoms with van der Waals surface area (Å²) < 4.78 is 0. The highest BCUT2D eigenvalue weighted by Crippen LogP contribution is 2.14. The first kappa shape index (κ1) is 20.1. The van der Waals surface area contributed by atoms with Gasteiger partial charge < -0.3 is 15.7 Å². The van der Waals surface area contributed by atoms with Crippen molar-refractivity contribution in [1.82, 2.24) is 10.6 Å². The molecule has 0 aromatic heterocycles. The lowest BCUT2D eigenvalue weighted by molar-refractivity contribution is -0.138. The monoisotopic (exact) mass is 318 g/mol. The molecule has 0 spiro atoms. The molecule has 0 aliphatic rings. The molecular weight excluding hydrogens is 288 g/mol. The SMILES string of the molecule is CSCCCCCNC(=O)NCC(CC(=O)O)CC(C)C. The Bertz CT molecular complexity index is 299. The van der Waals surface area contributed by atoms with Crippen LogP contribution in [0.15, 0.2) is 0 Å². The molecule has 0 saturated carbocycles. The highest BCUT2D eigenvalue weighted by molar-refractivity contribution is 7.98. The number of hydrogen-bond acceptors (Lipinski definition) is 3. The van der Waals surface area contributed by atoms with Crippen molar-refractivity contribution in [3.05, 3.63) is 0 Å². The zero-order valence-corrected chi connectivity index (χ0v) is 14.3. The first-order valence-corrected chi connectivity index (χ1v) is 9.07. The van der Waals surface area contributed by atoms with E-state index in [9.17, 15) is 9.59 Å². The van der Waals surface area contributed by atoms with Gasteiger partial charge in [-0.1, -0.05) is 20.3 Å². The van der Waals surface area contributed by atoms with E-state index in [2.05, 4.69) is 30.7 Å². The molecule has 0 rings (SSSR count). The summed E-state index contributed by atoms with van der Waals surface area (Å²) >= 11 is 1.84. The summed E-state index contributed by atoms with van der Waals surface area (Å²) in [6, 6.07) is -0.195. The highest BCUT2D eigenvalue weighted by Gasteiger charge is 2.15. The van der Waals surface area contributed by atoms with Gasteiger partial charge in [0.05, 0.1) is 0 Å². The molecular formula is C15H30N2O3S. The topological polar surface area (TPSA) is 78.4 Å². The van der Waals surface area contributed by atoms with Gasteiger partial charge in [0.1, 0.15) is 0 Å². The van der Waals surface area contributed by atoms with Crippen molar-refractivity contribution >= 4 is 23.8 Å². The van der Waals surface area contributed by atoms with Crippen molar-refractivity contribution in [2.24, 2.45) is 11.8 Å². The average molecular weight is 318 g/mol. The molecule has 2 amide bonds. The minimum atomic E-state index is -0.809. The summed E-state index contributed by atoms with van der Waals surface area (Å²) in [5, 5.41) is 14.5. The van der Waals surface area contributed by atoms with Crippen LogP contribution in [-0.4, -0.2) is 42.2 Å². The Morgan fingerprint density at radius 3 is 2.43 bits per heavy atom. The number of carboxylic acids is 1. The Balaban J connectivity index is 3.78. The third kappa shape index (κ3) is 13.8. The van der Waals surface area contributed by atoms with E-state index in [1.165, 1.54) is 6.42 Å². The Morgan fingerprint density at radius 2 is 1.86 bits per heavy atom. The van der Waals surface area contributed by atoms with Crippen molar-refractivity contribution in [1.29, 1.82) is 0 Å². The Kier molecular flexibility index (Phi) is 12.2. The number of carbonyl (C=O) groups excluding carboxylic acids is 1. The van der Waals surface area contributed by atoms with Gasteiger partial charge in [-0.15, -0.1) is 0 Å². The quantitative estimate of drug-likeness (QED) is 0.483. The lowest BCUT2D eigenvalue weighted by Gasteiger charge is -2.18. The third-order valence-electron chi connectivity index (χ3n) is 3.13. The zero-order chi connectivity index (χ0) is 16.1. The maximum Gasteiger partial charge on any atom is 0.314 e. The molecule has 0 aromatic carbocycles. The van der Waals surface area contributed by atoms with Crippen LogP contribution in [0.1, 0.15) is 46.0 Å². The number of carbonyl (C=O) groups is 2. The lowest BCUT2D eigenvalue weighted by atomic mass is 9.94. The summed E-state index contributed by atoms with van der Waals surface area (Å²) in [4.78, 5) is 22.4. The van der Waals surface area contributed by atoms with E-state index in [1.54, 1.807) is 0 Å². The van der Waals surface area contributed by atoms with Gasteiger partial charge in [-0.05, 0) is 43.1 Å². The zero-order valence-electron chi connectivity index (χ0n) is 13.5. The Hall–Kier alpha value is -0.910. The van der Waals surface area contributed by atoms with Crippen LogP contribution >= 0.6 is 11.8 Å². The smallest absolute Gasteiger partial charge is 0.314 e. The standard InChI is InChI=1S/C15H30N2O3S/c1-12(2)9-13(10-14(18)19)11-17-15(20)16-7-5-4-6-8-21-3/h12-13H,4-11H2,1-3H3,(H,18,19)(H2,16,17,20). The Morgan fingerprint density at radius 1 is 1.14 bits per heavy atom. The summed E-state index contributed by atoms with van der Waals surface area (Å²) in [5.41, 5.74) is 0. The second-order valence-electron chi connectivity index (χ2n) is 5.78. The van der Waals surface area contributed by atoms with Crippen molar-refractivity contribution < 1.29 is 14.7 Å². The normalized spacial score (nSPS) is 12.2. The number of thioether (sulfide) groups is 1. The first-order chi connectivity index (χ1) is 9.95. The van der Waals surface area contributed by atoms with Crippen molar-refractivity contribution in [2.45, 2.75) is 46.0 Å². The van der Waals surface area contributed by atoms with Crippen LogP contribution in [0.2, 0.25) is 0 Å². The fourth-order valence-electron chi connectivity index (χ4n) is 2.20. The van der Waals surface area contributed by atoms with Crippen molar-refractivity contribution in [3.8, 4) is 0 Å². The number of nitrogens with one attached hydrogen (secondary N) is 2. The van der Waals surface area contributed by atoms with Gasteiger partial charge in [0.15, 0.2) is 0 Å². The highest BCUT2D eigenvalue weighted by atomic mass is 32.2. The molecule has 3 N–H and O–H groups in total. The molecule has 0 aromatic rings. The molecule has 1 unspecified atom stereocenters. The second-order valence-corrected chi connectivity index (χ2v) is 6.77. The number of aliphatic carboxylic acids is 1. The molecule has 5 nitrogen and oxygen atoms in total. The summed E-state index contributed by atoms with van der Waals surface area (Å²) in [6.45, 7) is 5.21. The first-order valence-electron chi connectivity index (χ1n) is 7.68. The predicted octanol–water partition coefficient (Wildman–Crippen LogP) is 2.96. The third-order valence-corrected chi connectivity index (χ3v) is 3.83. The van der Waals surface area contributed by atoms with Gasteiger partial charge in [0, 0.05) is 19.5 Å². The van der Waals surface area contributed by atoms with E-state index >= 15 is 0 Å². The van der Waals surface area contributed by atoms with E-state index in [1.807, 2.05) is 11.8 Å². The molecule has 6 heteroatoms. The van der Waals surface area contributed by atoms with Crippen LogP contribution in [0.25, 0.3) is 0 Å². The number of rotatable bonds is 12. The molecule has 0 bridgehead atoms. The minimum Gasteiger partial charge on any atom is -0.481 e. The molecule has 0 aliphatic heterocycles. The maximum atomic E-state index is 11.6. The van der Waals surface area contributed by atoms with Gasteiger partial charge in [0.2, 0.25) is 0 Å². The van der Waals surface area contributed by atoms with E-state index in [0.29, 0.717) is 19.0 Å². The molecule has 0 heterocycles. The minimum absolute atomic E-state index is 0.00479. The van der Waals surface area contributed by atoms with E-state index < -0.39 is 5.97 Å². The summed E-state index contributed by atoms with van der Waals surface area (Å²) in [5.74, 6) is 0.778. The molecule has 0 aliphatic carbocycles. The number of amides is 2. The average Bonchev–Trinajstić information content (AvgIpc) is 2.38. The van der Waals surface area contributed by atoms with E-state index in [-0.39, 0.29) is 18.4 Å². The largest absolute Gasteiger partial charge is 0.481 e. The van der Waals surface area contributed by atoms with Crippen LogP contribution in [-0.2, 0) is 4.79 Å². The number of carboxylic acid groups (broad SMARTS) is 1. The molecule has 21 heavy (non-hydrogen) atoms. The van der Waals surface area contributed by atoms with Crippen molar-refractivity contribution in [2.75, 3.05) is 25.1 Å². The molecule has 0 saturated heterocycles. The maximum absolute atomic E-state index is 11.6. The van der Waals surface area contributed by atoms with Crippen LogP contribution < -0.4 is 10.6 Å². The molecule has 124 valence electrons. The van der Waals surface area contributed by atoms with Gasteiger partial charge in [-0.3, -0.25) is 4.79 Å². The lowest BCUT2D eigenvalue weighted by Crippen LogP contribution is -2.39. The number of unbranched alkanes of at least 4 members (excludes halogenated alkanes) is 2. The summed E-state index contributed by atoms with van der Waals surface area (Å²) in [6.07, 6.45) is 6.29. The van der Waals surface area contributed by atoms with Crippen LogP contribution in [0.4, 0.5) is 4.79 Å². The fourth-order valence-corrected chi connectivity index (χ4v) is 2.69. The molecule has 0 fully saturated rings. The predicted molar refractivity (Wildman–Crippen MR) is 88.8 cm³/mol. The number of hydrogen-bond donors (Lipinski definition) is 3. The molecule has 0 radical (unpaired) electrons. The van der Waals surface area contributed by atoms with E-state index in [4.69, 9.17) is 5.11 Å². The van der Waals surface area contributed by atoms with Crippen LogP contribution in [0, 0.1) is 11.8 Å².